The number of hydrogen-bond donors (Lipinski definition) is 2. The Kier molecular flexibility index (Phi) is 5.83. The lowest BCUT2D eigenvalue weighted by Crippen LogP contribution is -2.21. The van der Waals surface area contributed by atoms with Gasteiger partial charge in [-0.25, -0.2) is 0 Å². The van der Waals surface area contributed by atoms with Crippen LogP contribution in [0.4, 0.5) is 0 Å². The van der Waals surface area contributed by atoms with E-state index in [1.54, 1.807) is 0 Å². The summed E-state index contributed by atoms with van der Waals surface area (Å²) in [4.78, 5) is 0. The molecule has 0 radical (unpaired) electrons. The first-order chi connectivity index (χ1) is 9.74. The Labute approximate surface area is 121 Å². The molecular formula is C16H26N2O2. The lowest BCUT2D eigenvalue weighted by molar-refractivity contribution is 0.127. The van der Waals surface area contributed by atoms with E-state index in [-0.39, 0.29) is 6.04 Å². The number of nitrogens with two attached hydrogens (primary N) is 2. The molecule has 1 saturated carbocycles. The highest BCUT2D eigenvalue weighted by atomic mass is 16.5. The molecule has 1 atom stereocenters. The van der Waals surface area contributed by atoms with Gasteiger partial charge in [-0.3, -0.25) is 0 Å². The van der Waals surface area contributed by atoms with E-state index in [1.165, 1.54) is 18.4 Å². The van der Waals surface area contributed by atoms with Crippen molar-refractivity contribution < 1.29 is 9.47 Å². The van der Waals surface area contributed by atoms with Crippen molar-refractivity contribution in [3.05, 3.63) is 29.3 Å². The summed E-state index contributed by atoms with van der Waals surface area (Å²) in [7, 11) is 0. The van der Waals surface area contributed by atoms with Crippen molar-refractivity contribution in [2.24, 2.45) is 17.4 Å². The van der Waals surface area contributed by atoms with Gasteiger partial charge in [0.2, 0.25) is 0 Å². The first kappa shape index (κ1) is 15.3. The van der Waals surface area contributed by atoms with Crippen LogP contribution in [0, 0.1) is 5.92 Å². The molecule has 0 saturated heterocycles. The van der Waals surface area contributed by atoms with Gasteiger partial charge in [0.05, 0.1) is 13.2 Å². The molecule has 1 aromatic rings. The summed E-state index contributed by atoms with van der Waals surface area (Å²) in [5, 5.41) is 0. The highest BCUT2D eigenvalue weighted by Gasteiger charge is 2.21. The van der Waals surface area contributed by atoms with Gasteiger partial charge >= 0.3 is 0 Å². The van der Waals surface area contributed by atoms with Gasteiger partial charge in [-0.05, 0) is 43.7 Å². The summed E-state index contributed by atoms with van der Waals surface area (Å²) in [6.45, 7) is 4.70. The van der Waals surface area contributed by atoms with Crippen molar-refractivity contribution in [2.75, 3.05) is 26.4 Å². The largest absolute Gasteiger partial charge is 0.494 e. The topological polar surface area (TPSA) is 70.5 Å². The van der Waals surface area contributed by atoms with Crippen molar-refractivity contribution in [2.45, 2.75) is 32.2 Å². The van der Waals surface area contributed by atoms with E-state index in [2.05, 4.69) is 12.1 Å². The average Bonchev–Trinajstić information content (AvgIpc) is 3.28. The maximum absolute atomic E-state index is 6.06. The number of rotatable bonds is 9. The lowest BCUT2D eigenvalue weighted by atomic mass is 10.0. The zero-order chi connectivity index (χ0) is 14.4. The normalized spacial score (nSPS) is 16.1. The molecule has 4 N–H and O–H groups in total. The fourth-order valence-electron chi connectivity index (χ4n) is 2.18. The van der Waals surface area contributed by atoms with Crippen molar-refractivity contribution >= 4 is 0 Å². The summed E-state index contributed by atoms with van der Waals surface area (Å²) in [5.74, 6) is 1.66. The van der Waals surface area contributed by atoms with E-state index < -0.39 is 0 Å². The minimum Gasteiger partial charge on any atom is -0.494 e. The first-order valence-corrected chi connectivity index (χ1v) is 7.53. The molecule has 1 aliphatic carbocycles. The summed E-state index contributed by atoms with van der Waals surface area (Å²) in [6, 6.07) is 6.00. The Hall–Kier alpha value is -1.10. The van der Waals surface area contributed by atoms with Gasteiger partial charge < -0.3 is 20.9 Å². The highest BCUT2D eigenvalue weighted by Crippen LogP contribution is 2.29. The van der Waals surface area contributed by atoms with Gasteiger partial charge in [-0.2, -0.15) is 0 Å². The maximum Gasteiger partial charge on any atom is 0.124 e. The molecule has 1 aromatic carbocycles. The third kappa shape index (κ3) is 4.47. The molecule has 0 aliphatic heterocycles. The van der Waals surface area contributed by atoms with Crippen molar-refractivity contribution in [1.29, 1.82) is 0 Å². The number of ether oxygens (including phenoxy) is 2. The average molecular weight is 278 g/mol. The second-order valence-corrected chi connectivity index (χ2v) is 5.42. The van der Waals surface area contributed by atoms with E-state index in [1.807, 2.05) is 13.0 Å². The minimum atomic E-state index is -0.177. The Morgan fingerprint density at radius 1 is 1.35 bits per heavy atom. The van der Waals surface area contributed by atoms with E-state index in [0.29, 0.717) is 13.2 Å². The zero-order valence-electron chi connectivity index (χ0n) is 12.3. The standard InChI is InChI=1S/C16H26N2O2/c1-2-20-16-6-5-12(9-14(16)15(18)10-17)7-8-19-11-13-3-4-13/h5-6,9,13,15H,2-4,7-8,10-11,17-18H2,1H3. The van der Waals surface area contributed by atoms with Crippen molar-refractivity contribution in [3.8, 4) is 5.75 Å². The summed E-state index contributed by atoms with van der Waals surface area (Å²) >= 11 is 0. The molecule has 1 fully saturated rings. The van der Waals surface area contributed by atoms with E-state index >= 15 is 0 Å². The Morgan fingerprint density at radius 2 is 2.15 bits per heavy atom. The van der Waals surface area contributed by atoms with E-state index in [4.69, 9.17) is 20.9 Å². The number of benzene rings is 1. The molecule has 0 aromatic heterocycles. The van der Waals surface area contributed by atoms with Crippen LogP contribution in [-0.2, 0) is 11.2 Å². The Bertz CT molecular complexity index is 419. The van der Waals surface area contributed by atoms with Crippen molar-refractivity contribution in [1.82, 2.24) is 0 Å². The molecule has 1 unspecified atom stereocenters. The van der Waals surface area contributed by atoms with Gasteiger partial charge in [0.1, 0.15) is 5.75 Å². The van der Waals surface area contributed by atoms with Crippen LogP contribution in [0.25, 0.3) is 0 Å². The second kappa shape index (κ2) is 7.62. The fourth-order valence-corrected chi connectivity index (χ4v) is 2.18. The van der Waals surface area contributed by atoms with Crippen molar-refractivity contribution in [3.63, 3.8) is 0 Å². The summed E-state index contributed by atoms with van der Waals surface area (Å²) in [5.41, 5.74) is 14.0. The van der Waals surface area contributed by atoms with Crippen LogP contribution in [0.2, 0.25) is 0 Å². The fraction of sp³-hybridized carbons (Fsp3) is 0.625. The Balaban J connectivity index is 1.93. The second-order valence-electron chi connectivity index (χ2n) is 5.42. The van der Waals surface area contributed by atoms with E-state index in [9.17, 15) is 0 Å². The SMILES string of the molecule is CCOc1ccc(CCOCC2CC2)cc1C(N)CN. The zero-order valence-corrected chi connectivity index (χ0v) is 12.3. The highest BCUT2D eigenvalue weighted by molar-refractivity contribution is 5.39. The van der Waals surface area contributed by atoms with Gasteiger partial charge in [0.15, 0.2) is 0 Å². The monoisotopic (exact) mass is 278 g/mol. The van der Waals surface area contributed by atoms with E-state index in [0.717, 1.165) is 36.9 Å². The minimum absolute atomic E-state index is 0.177. The third-order valence-corrected chi connectivity index (χ3v) is 3.61. The van der Waals surface area contributed by atoms with Crippen LogP contribution in [0.1, 0.15) is 36.9 Å². The lowest BCUT2D eigenvalue weighted by Gasteiger charge is -2.16. The van der Waals surface area contributed by atoms with Crippen LogP contribution in [0.3, 0.4) is 0 Å². The number of hydrogen-bond acceptors (Lipinski definition) is 4. The third-order valence-electron chi connectivity index (χ3n) is 3.61. The molecule has 2 rings (SSSR count). The summed E-state index contributed by atoms with van der Waals surface area (Å²) < 4.78 is 11.3. The van der Waals surface area contributed by atoms with Crippen LogP contribution >= 0.6 is 0 Å². The van der Waals surface area contributed by atoms with Crippen LogP contribution < -0.4 is 16.2 Å². The predicted molar refractivity (Wildman–Crippen MR) is 80.8 cm³/mol. The van der Waals surface area contributed by atoms with Gasteiger partial charge in [-0.15, -0.1) is 0 Å². The molecule has 4 heteroatoms. The molecule has 4 nitrogen and oxygen atoms in total. The molecule has 20 heavy (non-hydrogen) atoms. The van der Waals surface area contributed by atoms with Gasteiger partial charge in [0.25, 0.3) is 0 Å². The molecule has 0 bridgehead atoms. The molecule has 1 aliphatic rings. The smallest absolute Gasteiger partial charge is 0.124 e. The van der Waals surface area contributed by atoms with Gasteiger partial charge in [-0.1, -0.05) is 12.1 Å². The molecule has 0 spiro atoms. The molecule has 0 heterocycles. The first-order valence-electron chi connectivity index (χ1n) is 7.53. The van der Waals surface area contributed by atoms with Crippen LogP contribution in [0.15, 0.2) is 18.2 Å². The van der Waals surface area contributed by atoms with Crippen LogP contribution in [0.5, 0.6) is 5.75 Å². The molecular weight excluding hydrogens is 252 g/mol. The quantitative estimate of drug-likeness (QED) is 0.678. The van der Waals surface area contributed by atoms with Gasteiger partial charge in [0, 0.05) is 24.8 Å². The molecule has 0 amide bonds. The van der Waals surface area contributed by atoms with Crippen LogP contribution in [-0.4, -0.2) is 26.4 Å². The summed E-state index contributed by atoms with van der Waals surface area (Å²) in [6.07, 6.45) is 3.57. The predicted octanol–water partition coefficient (Wildman–Crippen LogP) is 2.01. The maximum atomic E-state index is 6.06. The molecule has 112 valence electrons. The Morgan fingerprint density at radius 3 is 2.80 bits per heavy atom.